The van der Waals surface area contributed by atoms with Gasteiger partial charge >= 0.3 is 0 Å². The van der Waals surface area contributed by atoms with Crippen molar-refractivity contribution in [3.8, 4) is 0 Å². The van der Waals surface area contributed by atoms with E-state index >= 15 is 0 Å². The number of H-pyrrole nitrogens is 1. The molecule has 86 valence electrons. The van der Waals surface area contributed by atoms with E-state index in [4.69, 9.17) is 5.73 Å². The number of hydrogen-bond donors (Lipinski definition) is 2. The first-order chi connectivity index (χ1) is 7.54. The number of nitrogens with one attached hydrogen (secondary N) is 1. The van der Waals surface area contributed by atoms with Crippen LogP contribution in [0.4, 0.5) is 0 Å². The Balaban J connectivity index is 2.78. The van der Waals surface area contributed by atoms with Gasteiger partial charge in [-0.2, -0.15) is 0 Å². The maximum atomic E-state index is 11.7. The van der Waals surface area contributed by atoms with E-state index in [1.165, 1.54) is 6.26 Å². The molecule has 0 amide bonds. The minimum atomic E-state index is -3.20. The highest BCUT2D eigenvalue weighted by molar-refractivity contribution is 7.91. The predicted molar refractivity (Wildman–Crippen MR) is 64.2 cm³/mol. The van der Waals surface area contributed by atoms with E-state index in [0.29, 0.717) is 17.9 Å². The van der Waals surface area contributed by atoms with Gasteiger partial charge in [0.2, 0.25) is 0 Å². The molecule has 0 aliphatic rings. The van der Waals surface area contributed by atoms with Gasteiger partial charge < -0.3 is 10.7 Å². The van der Waals surface area contributed by atoms with Crippen molar-refractivity contribution >= 4 is 20.7 Å². The summed E-state index contributed by atoms with van der Waals surface area (Å²) in [4.78, 5) is 3.44. The lowest BCUT2D eigenvalue weighted by Crippen LogP contribution is -2.04. The van der Waals surface area contributed by atoms with Gasteiger partial charge in [0.1, 0.15) is 0 Å². The molecular formula is C11H14N2O2S. The van der Waals surface area contributed by atoms with Gasteiger partial charge in [-0.25, -0.2) is 8.42 Å². The monoisotopic (exact) mass is 238 g/mol. The summed E-state index contributed by atoms with van der Waals surface area (Å²) >= 11 is 0. The van der Waals surface area contributed by atoms with Crippen molar-refractivity contribution in [2.45, 2.75) is 11.3 Å². The largest absolute Gasteiger partial charge is 0.361 e. The first kappa shape index (κ1) is 11.2. The second-order valence-electron chi connectivity index (χ2n) is 3.80. The maximum absolute atomic E-state index is 11.7. The van der Waals surface area contributed by atoms with Crippen LogP contribution in [0, 0.1) is 0 Å². The van der Waals surface area contributed by atoms with Crippen molar-refractivity contribution in [2.75, 3.05) is 12.8 Å². The minimum Gasteiger partial charge on any atom is -0.361 e. The normalized spacial score (nSPS) is 12.1. The van der Waals surface area contributed by atoms with Crippen LogP contribution in [0.1, 0.15) is 5.56 Å². The molecule has 0 radical (unpaired) electrons. The summed E-state index contributed by atoms with van der Waals surface area (Å²) in [5.41, 5.74) is 7.30. The fourth-order valence-electron chi connectivity index (χ4n) is 1.88. The minimum absolute atomic E-state index is 0.370. The summed E-state index contributed by atoms with van der Waals surface area (Å²) in [7, 11) is -3.20. The topological polar surface area (TPSA) is 76.0 Å². The van der Waals surface area contributed by atoms with Gasteiger partial charge in [-0.15, -0.1) is 0 Å². The van der Waals surface area contributed by atoms with Crippen molar-refractivity contribution in [3.05, 3.63) is 30.0 Å². The van der Waals surface area contributed by atoms with Crippen LogP contribution in [0.15, 0.2) is 29.3 Å². The lowest BCUT2D eigenvalue weighted by molar-refractivity contribution is 0.602. The zero-order chi connectivity index (χ0) is 11.8. The molecule has 3 N–H and O–H groups in total. The van der Waals surface area contributed by atoms with Crippen LogP contribution in [0.3, 0.4) is 0 Å². The van der Waals surface area contributed by atoms with E-state index in [1.54, 1.807) is 12.1 Å². The molecule has 0 atom stereocenters. The second kappa shape index (κ2) is 3.92. The van der Waals surface area contributed by atoms with Crippen LogP contribution in [0.25, 0.3) is 10.9 Å². The van der Waals surface area contributed by atoms with Gasteiger partial charge in [0.05, 0.1) is 4.90 Å². The number of aromatic amines is 1. The highest BCUT2D eigenvalue weighted by atomic mass is 32.2. The van der Waals surface area contributed by atoms with Crippen LogP contribution < -0.4 is 5.73 Å². The van der Waals surface area contributed by atoms with Crippen LogP contribution in [0.2, 0.25) is 0 Å². The number of aromatic nitrogens is 1. The van der Waals surface area contributed by atoms with Crippen LogP contribution in [0.5, 0.6) is 0 Å². The van der Waals surface area contributed by atoms with Crippen LogP contribution in [-0.2, 0) is 16.3 Å². The molecular weight excluding hydrogens is 224 g/mol. The number of fused-ring (bicyclic) bond motifs is 1. The third kappa shape index (κ3) is 1.83. The number of benzene rings is 1. The quantitative estimate of drug-likeness (QED) is 0.840. The van der Waals surface area contributed by atoms with Gasteiger partial charge in [0.25, 0.3) is 0 Å². The molecule has 0 bridgehead atoms. The molecule has 0 saturated carbocycles. The number of rotatable bonds is 3. The maximum Gasteiger partial charge on any atom is 0.176 e. The Hall–Kier alpha value is -1.33. The fraction of sp³-hybridized carbons (Fsp3) is 0.273. The smallest absolute Gasteiger partial charge is 0.176 e. The zero-order valence-corrected chi connectivity index (χ0v) is 9.84. The Morgan fingerprint density at radius 1 is 1.38 bits per heavy atom. The highest BCUT2D eigenvalue weighted by Gasteiger charge is 2.15. The van der Waals surface area contributed by atoms with E-state index in [0.717, 1.165) is 16.5 Å². The van der Waals surface area contributed by atoms with Crippen molar-refractivity contribution < 1.29 is 8.42 Å². The highest BCUT2D eigenvalue weighted by Crippen LogP contribution is 2.26. The van der Waals surface area contributed by atoms with E-state index in [2.05, 4.69) is 4.98 Å². The number of hydrogen-bond acceptors (Lipinski definition) is 3. The lowest BCUT2D eigenvalue weighted by atomic mass is 10.1. The van der Waals surface area contributed by atoms with E-state index in [1.807, 2.05) is 12.3 Å². The van der Waals surface area contributed by atoms with Gasteiger partial charge in [0, 0.05) is 23.4 Å². The molecule has 0 saturated heterocycles. The molecule has 0 unspecified atom stereocenters. The zero-order valence-electron chi connectivity index (χ0n) is 9.03. The summed E-state index contributed by atoms with van der Waals surface area (Å²) in [6, 6.07) is 5.23. The average molecular weight is 238 g/mol. The summed E-state index contributed by atoms with van der Waals surface area (Å²) in [6.45, 7) is 0.505. The van der Waals surface area contributed by atoms with Crippen molar-refractivity contribution in [1.82, 2.24) is 4.98 Å². The standard InChI is InChI=1S/C11H14N2O2S/c1-16(14,15)10-4-2-3-9-11(10)8(5-6-12)7-13-9/h2-4,7,13H,5-6,12H2,1H3. The molecule has 0 fully saturated rings. The summed E-state index contributed by atoms with van der Waals surface area (Å²) in [5.74, 6) is 0. The molecule has 1 aromatic heterocycles. The Labute approximate surface area is 94.4 Å². The van der Waals surface area contributed by atoms with Crippen LogP contribution >= 0.6 is 0 Å². The van der Waals surface area contributed by atoms with E-state index in [-0.39, 0.29) is 0 Å². The summed E-state index contributed by atoms with van der Waals surface area (Å²) in [6.07, 6.45) is 3.72. The first-order valence-electron chi connectivity index (χ1n) is 5.03. The molecule has 1 aromatic carbocycles. The molecule has 0 spiro atoms. The summed E-state index contributed by atoms with van der Waals surface area (Å²) < 4.78 is 23.3. The van der Waals surface area contributed by atoms with Crippen molar-refractivity contribution in [2.24, 2.45) is 5.73 Å². The van der Waals surface area contributed by atoms with Gasteiger partial charge in [-0.1, -0.05) is 6.07 Å². The average Bonchev–Trinajstić information content (AvgIpc) is 2.61. The first-order valence-corrected chi connectivity index (χ1v) is 6.92. The number of sulfone groups is 1. The molecule has 16 heavy (non-hydrogen) atoms. The van der Waals surface area contributed by atoms with E-state index in [9.17, 15) is 8.42 Å². The van der Waals surface area contributed by atoms with E-state index < -0.39 is 9.84 Å². The third-order valence-electron chi connectivity index (χ3n) is 2.56. The van der Waals surface area contributed by atoms with Crippen LogP contribution in [-0.4, -0.2) is 26.2 Å². The third-order valence-corrected chi connectivity index (χ3v) is 3.70. The molecule has 2 rings (SSSR count). The molecule has 0 aliphatic heterocycles. The Morgan fingerprint density at radius 3 is 2.75 bits per heavy atom. The molecule has 1 heterocycles. The van der Waals surface area contributed by atoms with Gasteiger partial charge in [-0.05, 0) is 30.7 Å². The molecule has 4 nitrogen and oxygen atoms in total. The molecule has 5 heteroatoms. The lowest BCUT2D eigenvalue weighted by Gasteiger charge is -2.03. The van der Waals surface area contributed by atoms with Gasteiger partial charge in [-0.3, -0.25) is 0 Å². The van der Waals surface area contributed by atoms with Gasteiger partial charge in [0.15, 0.2) is 9.84 Å². The Morgan fingerprint density at radius 2 is 2.12 bits per heavy atom. The SMILES string of the molecule is CS(=O)(=O)c1cccc2[nH]cc(CCN)c12. The molecule has 0 aliphatic carbocycles. The predicted octanol–water partition coefficient (Wildman–Crippen LogP) is 1.07. The fourth-order valence-corrected chi connectivity index (χ4v) is 2.82. The Kier molecular flexibility index (Phi) is 2.73. The Bertz CT molecular complexity index is 614. The second-order valence-corrected chi connectivity index (χ2v) is 5.79. The van der Waals surface area contributed by atoms with Crippen molar-refractivity contribution in [3.63, 3.8) is 0 Å². The molecule has 2 aromatic rings. The number of nitrogens with two attached hydrogens (primary N) is 1. The van der Waals surface area contributed by atoms with Crippen molar-refractivity contribution in [1.29, 1.82) is 0 Å². The summed E-state index contributed by atoms with van der Waals surface area (Å²) in [5, 5.41) is 0.774.